The second kappa shape index (κ2) is 6.24. The van der Waals surface area contributed by atoms with Gasteiger partial charge in [0.05, 0.1) is 10.6 Å². The molecule has 0 saturated carbocycles. The van der Waals surface area contributed by atoms with Gasteiger partial charge in [-0.15, -0.1) is 10.2 Å². The van der Waals surface area contributed by atoms with Crippen LogP contribution in [-0.4, -0.2) is 15.2 Å². The summed E-state index contributed by atoms with van der Waals surface area (Å²) in [6.07, 6.45) is -2.93. The van der Waals surface area contributed by atoms with Crippen LogP contribution in [0.3, 0.4) is 0 Å². The third-order valence-electron chi connectivity index (χ3n) is 3.41. The van der Waals surface area contributed by atoms with Crippen molar-refractivity contribution in [3.63, 3.8) is 0 Å². The van der Waals surface area contributed by atoms with Crippen LogP contribution in [0.5, 0.6) is 0 Å². The summed E-state index contributed by atoms with van der Waals surface area (Å²) in [6, 6.07) is 8.31. The van der Waals surface area contributed by atoms with Crippen LogP contribution < -0.4 is 0 Å². The summed E-state index contributed by atoms with van der Waals surface area (Å²) in [7, 11) is 0. The van der Waals surface area contributed by atoms with E-state index in [0.717, 1.165) is 18.1 Å². The van der Waals surface area contributed by atoms with Crippen molar-refractivity contribution >= 4 is 11.6 Å². The topological polar surface area (TPSA) is 51.8 Å². The monoisotopic (exact) mass is 353 g/mol. The van der Waals surface area contributed by atoms with Crippen LogP contribution in [0, 0.1) is 0 Å². The van der Waals surface area contributed by atoms with E-state index in [1.54, 1.807) is 0 Å². The molecule has 0 fully saturated rings. The molecule has 0 bridgehead atoms. The van der Waals surface area contributed by atoms with E-state index in [9.17, 15) is 13.2 Å². The Morgan fingerprint density at radius 2 is 1.75 bits per heavy atom. The molecule has 0 spiro atoms. The van der Waals surface area contributed by atoms with Gasteiger partial charge in [-0.05, 0) is 30.2 Å². The minimum Gasteiger partial charge on any atom is -0.415 e. The van der Waals surface area contributed by atoms with Crippen LogP contribution in [-0.2, 0) is 12.6 Å². The molecule has 2 aromatic heterocycles. The SMILES string of the molecule is CCc1ccc(-c2nnc(-c3ncc(C(F)(F)F)cc3Cl)o2)cc1. The number of hydrogen-bond donors (Lipinski definition) is 0. The molecule has 0 aliphatic carbocycles. The molecule has 3 aromatic rings. The molecule has 0 radical (unpaired) electrons. The van der Waals surface area contributed by atoms with Crippen molar-refractivity contribution < 1.29 is 17.6 Å². The minimum atomic E-state index is -4.52. The van der Waals surface area contributed by atoms with Gasteiger partial charge >= 0.3 is 6.18 Å². The Labute approximate surface area is 140 Å². The van der Waals surface area contributed by atoms with Gasteiger partial charge in [0.15, 0.2) is 0 Å². The zero-order valence-corrected chi connectivity index (χ0v) is 13.2. The van der Waals surface area contributed by atoms with Crippen molar-refractivity contribution in [3.8, 4) is 23.0 Å². The molecular formula is C16H11ClF3N3O. The maximum absolute atomic E-state index is 12.6. The number of nitrogens with zero attached hydrogens (tertiary/aromatic N) is 3. The number of hydrogen-bond acceptors (Lipinski definition) is 4. The third kappa shape index (κ3) is 3.26. The molecule has 4 nitrogen and oxygen atoms in total. The summed E-state index contributed by atoms with van der Waals surface area (Å²) in [5.74, 6) is 0.203. The van der Waals surface area contributed by atoms with Crippen molar-refractivity contribution in [1.82, 2.24) is 15.2 Å². The Morgan fingerprint density at radius 1 is 1.08 bits per heavy atom. The summed E-state index contributed by atoms with van der Waals surface area (Å²) < 4.78 is 43.4. The first-order valence-corrected chi connectivity index (χ1v) is 7.42. The Kier molecular flexibility index (Phi) is 4.28. The number of aryl methyl sites for hydroxylation is 1. The summed E-state index contributed by atoms with van der Waals surface area (Å²) >= 11 is 5.87. The number of halogens is 4. The van der Waals surface area contributed by atoms with Crippen molar-refractivity contribution in [2.75, 3.05) is 0 Å². The van der Waals surface area contributed by atoms with Gasteiger partial charge in [0, 0.05) is 11.8 Å². The molecule has 24 heavy (non-hydrogen) atoms. The molecule has 2 heterocycles. The predicted octanol–water partition coefficient (Wildman–Crippen LogP) is 5.03. The van der Waals surface area contributed by atoms with Crippen LogP contribution in [0.25, 0.3) is 23.0 Å². The average molecular weight is 354 g/mol. The van der Waals surface area contributed by atoms with E-state index in [4.69, 9.17) is 16.0 Å². The zero-order valence-electron chi connectivity index (χ0n) is 12.4. The van der Waals surface area contributed by atoms with Crippen LogP contribution in [0.15, 0.2) is 40.9 Å². The van der Waals surface area contributed by atoms with Crippen molar-refractivity contribution in [3.05, 3.63) is 52.7 Å². The Bertz CT molecular complexity index is 860. The molecule has 0 aliphatic rings. The van der Waals surface area contributed by atoms with Crippen LogP contribution in [0.2, 0.25) is 5.02 Å². The predicted molar refractivity (Wildman–Crippen MR) is 82.4 cm³/mol. The molecule has 0 atom stereocenters. The van der Waals surface area contributed by atoms with Gasteiger partial charge in [-0.25, -0.2) is 4.98 Å². The molecule has 1 aromatic carbocycles. The van der Waals surface area contributed by atoms with Gasteiger partial charge < -0.3 is 4.42 Å². The Morgan fingerprint density at radius 3 is 2.33 bits per heavy atom. The Balaban J connectivity index is 1.93. The van der Waals surface area contributed by atoms with E-state index in [-0.39, 0.29) is 22.5 Å². The van der Waals surface area contributed by atoms with E-state index < -0.39 is 11.7 Å². The Hall–Kier alpha value is -2.41. The first-order chi connectivity index (χ1) is 11.4. The summed E-state index contributed by atoms with van der Waals surface area (Å²) in [5, 5.41) is 7.50. The normalized spacial score (nSPS) is 11.7. The van der Waals surface area contributed by atoms with Crippen molar-refractivity contribution in [1.29, 1.82) is 0 Å². The van der Waals surface area contributed by atoms with Crippen LogP contribution in [0.4, 0.5) is 13.2 Å². The molecule has 0 N–H and O–H groups in total. The lowest BCUT2D eigenvalue weighted by atomic mass is 10.1. The molecule has 0 saturated heterocycles. The summed E-state index contributed by atoms with van der Waals surface area (Å²) in [6.45, 7) is 2.04. The van der Waals surface area contributed by atoms with Gasteiger partial charge in [0.1, 0.15) is 5.69 Å². The molecule has 8 heteroatoms. The van der Waals surface area contributed by atoms with E-state index >= 15 is 0 Å². The van der Waals surface area contributed by atoms with Gasteiger partial charge in [0.2, 0.25) is 5.89 Å². The van der Waals surface area contributed by atoms with Crippen molar-refractivity contribution in [2.24, 2.45) is 0 Å². The molecule has 3 rings (SSSR count). The second-order valence-corrected chi connectivity index (χ2v) is 5.42. The second-order valence-electron chi connectivity index (χ2n) is 5.02. The lowest BCUT2D eigenvalue weighted by Gasteiger charge is -2.07. The highest BCUT2D eigenvalue weighted by molar-refractivity contribution is 6.32. The standard InChI is InChI=1S/C16H11ClF3N3O/c1-2-9-3-5-10(6-4-9)14-22-23-15(24-14)13-12(17)7-11(8-21-13)16(18,19)20/h3-8H,2H2,1H3. The number of pyridine rings is 1. The van der Waals surface area contributed by atoms with Crippen molar-refractivity contribution in [2.45, 2.75) is 19.5 Å². The van der Waals surface area contributed by atoms with Gasteiger partial charge in [-0.2, -0.15) is 13.2 Å². The number of aromatic nitrogens is 3. The molecule has 0 amide bonds. The van der Waals surface area contributed by atoms with E-state index in [1.165, 1.54) is 0 Å². The van der Waals surface area contributed by atoms with Crippen LogP contribution in [0.1, 0.15) is 18.1 Å². The maximum Gasteiger partial charge on any atom is 0.417 e. The third-order valence-corrected chi connectivity index (χ3v) is 3.69. The lowest BCUT2D eigenvalue weighted by Crippen LogP contribution is -2.05. The lowest BCUT2D eigenvalue weighted by molar-refractivity contribution is -0.137. The van der Waals surface area contributed by atoms with E-state index in [0.29, 0.717) is 11.8 Å². The highest BCUT2D eigenvalue weighted by atomic mass is 35.5. The number of benzene rings is 1. The summed E-state index contributed by atoms with van der Waals surface area (Å²) in [5.41, 5.74) is 0.930. The minimum absolute atomic E-state index is 0.00796. The molecule has 0 unspecified atom stereocenters. The molecule has 0 aliphatic heterocycles. The number of alkyl halides is 3. The highest BCUT2D eigenvalue weighted by Crippen LogP contribution is 2.34. The van der Waals surface area contributed by atoms with E-state index in [1.807, 2.05) is 31.2 Å². The van der Waals surface area contributed by atoms with E-state index in [2.05, 4.69) is 15.2 Å². The maximum atomic E-state index is 12.6. The molecular weight excluding hydrogens is 343 g/mol. The zero-order chi connectivity index (χ0) is 17.3. The fraction of sp³-hybridized carbons (Fsp3) is 0.188. The average Bonchev–Trinajstić information content (AvgIpc) is 3.03. The largest absolute Gasteiger partial charge is 0.417 e. The fourth-order valence-corrected chi connectivity index (χ4v) is 2.32. The fourth-order valence-electron chi connectivity index (χ4n) is 2.07. The number of rotatable bonds is 3. The van der Waals surface area contributed by atoms with Gasteiger partial charge in [0.25, 0.3) is 5.89 Å². The highest BCUT2D eigenvalue weighted by Gasteiger charge is 2.32. The first kappa shape index (κ1) is 16.4. The smallest absolute Gasteiger partial charge is 0.415 e. The van der Waals surface area contributed by atoms with Gasteiger partial charge in [-0.1, -0.05) is 30.7 Å². The molecule has 124 valence electrons. The summed E-state index contributed by atoms with van der Waals surface area (Å²) in [4.78, 5) is 3.70. The van der Waals surface area contributed by atoms with Crippen LogP contribution >= 0.6 is 11.6 Å². The van der Waals surface area contributed by atoms with Gasteiger partial charge in [-0.3, -0.25) is 0 Å². The first-order valence-electron chi connectivity index (χ1n) is 7.04. The quantitative estimate of drug-likeness (QED) is 0.662.